The van der Waals surface area contributed by atoms with Crippen molar-refractivity contribution in [3.8, 4) is 0 Å². The van der Waals surface area contributed by atoms with Crippen LogP contribution in [-0.4, -0.2) is 12.4 Å². The molecule has 0 saturated heterocycles. The molecule has 0 radical (unpaired) electrons. The molecule has 17 heavy (non-hydrogen) atoms. The van der Waals surface area contributed by atoms with Gasteiger partial charge in [-0.05, 0) is 19.8 Å². The fourth-order valence-corrected chi connectivity index (χ4v) is 1.30. The molecule has 2 atom stereocenters. The van der Waals surface area contributed by atoms with Gasteiger partial charge in [-0.3, -0.25) is 4.99 Å². The Balaban J connectivity index is 4.50. The molecule has 0 saturated carbocycles. The topological polar surface area (TPSA) is 12.4 Å². The van der Waals surface area contributed by atoms with Crippen LogP contribution in [0.15, 0.2) is 42.1 Å². The van der Waals surface area contributed by atoms with E-state index < -0.39 is 6.17 Å². The first-order chi connectivity index (χ1) is 7.93. The second kappa shape index (κ2) is 7.99. The number of hydrogen-bond donors (Lipinski definition) is 0. The molecule has 96 valence electrons. The van der Waals surface area contributed by atoms with Gasteiger partial charge in [0.2, 0.25) is 0 Å². The highest BCUT2D eigenvalue weighted by Crippen LogP contribution is 2.21. The summed E-state index contributed by atoms with van der Waals surface area (Å²) in [4.78, 5) is 4.25. The molecule has 0 N–H and O–H groups in total. The van der Waals surface area contributed by atoms with Crippen molar-refractivity contribution in [3.63, 3.8) is 0 Å². The zero-order valence-corrected chi connectivity index (χ0v) is 11.2. The lowest BCUT2D eigenvalue weighted by atomic mass is 9.88. The Kier molecular flexibility index (Phi) is 7.44. The number of rotatable bonds is 8. The van der Waals surface area contributed by atoms with Crippen LogP contribution in [0.25, 0.3) is 0 Å². The van der Waals surface area contributed by atoms with Crippen molar-refractivity contribution in [3.05, 3.63) is 37.1 Å². The van der Waals surface area contributed by atoms with Crippen molar-refractivity contribution in [2.75, 3.05) is 0 Å². The Hall–Kier alpha value is -1.18. The number of hydrogen-bond acceptors (Lipinski definition) is 1. The number of allylic oxidation sites excluding steroid dienone is 4. The lowest BCUT2D eigenvalue weighted by molar-refractivity contribution is 0.359. The van der Waals surface area contributed by atoms with Crippen LogP contribution < -0.4 is 0 Å². The third-order valence-corrected chi connectivity index (χ3v) is 2.62. The first-order valence-corrected chi connectivity index (χ1v) is 6.09. The molecule has 1 nitrogen and oxygen atoms in total. The zero-order chi connectivity index (χ0) is 13.3. The van der Waals surface area contributed by atoms with Gasteiger partial charge in [0.1, 0.15) is 6.17 Å². The number of halogens is 1. The SMILES string of the molecule is C=CC/C=C/[C@](C)(/C=N\C(=C)CC(C)F)CC. The molecule has 0 aromatic carbocycles. The second-order valence-corrected chi connectivity index (χ2v) is 4.60. The first kappa shape index (κ1) is 15.8. The lowest BCUT2D eigenvalue weighted by Crippen LogP contribution is -2.13. The molecule has 1 unspecified atom stereocenters. The van der Waals surface area contributed by atoms with Crippen molar-refractivity contribution in [1.82, 2.24) is 0 Å². The monoisotopic (exact) mass is 237 g/mol. The predicted molar refractivity (Wildman–Crippen MR) is 75.2 cm³/mol. The van der Waals surface area contributed by atoms with E-state index in [1.54, 1.807) is 0 Å². The minimum absolute atomic E-state index is 0.0918. The van der Waals surface area contributed by atoms with Gasteiger partial charge in [0.15, 0.2) is 0 Å². The fourth-order valence-electron chi connectivity index (χ4n) is 1.30. The van der Waals surface area contributed by atoms with Crippen LogP contribution in [0.2, 0.25) is 0 Å². The van der Waals surface area contributed by atoms with Crippen LogP contribution in [0, 0.1) is 5.41 Å². The average Bonchev–Trinajstić information content (AvgIpc) is 2.26. The van der Waals surface area contributed by atoms with Crippen LogP contribution in [-0.2, 0) is 0 Å². The summed E-state index contributed by atoms with van der Waals surface area (Å²) in [5.74, 6) is 0. The van der Waals surface area contributed by atoms with Crippen molar-refractivity contribution in [2.45, 2.75) is 46.2 Å². The maximum absolute atomic E-state index is 12.7. The Morgan fingerprint density at radius 3 is 2.65 bits per heavy atom. The average molecular weight is 237 g/mol. The second-order valence-electron chi connectivity index (χ2n) is 4.60. The molecule has 0 fully saturated rings. The normalized spacial score (nSPS) is 17.2. The Bertz CT molecular complexity index is 302. The van der Waals surface area contributed by atoms with Gasteiger partial charge in [-0.25, -0.2) is 4.39 Å². The molecule has 0 aliphatic rings. The van der Waals surface area contributed by atoms with E-state index in [4.69, 9.17) is 0 Å². The van der Waals surface area contributed by atoms with Crippen molar-refractivity contribution >= 4 is 6.21 Å². The maximum Gasteiger partial charge on any atom is 0.103 e. The Morgan fingerprint density at radius 2 is 2.18 bits per heavy atom. The summed E-state index contributed by atoms with van der Waals surface area (Å²) in [7, 11) is 0. The molecule has 0 rings (SSSR count). The smallest absolute Gasteiger partial charge is 0.103 e. The predicted octanol–water partition coefficient (Wildman–Crippen LogP) is 4.87. The van der Waals surface area contributed by atoms with E-state index in [9.17, 15) is 4.39 Å². The first-order valence-electron chi connectivity index (χ1n) is 6.09. The third-order valence-electron chi connectivity index (χ3n) is 2.62. The molecule has 0 aromatic heterocycles. The van der Waals surface area contributed by atoms with E-state index in [1.165, 1.54) is 6.92 Å². The molecule has 0 aliphatic heterocycles. The minimum atomic E-state index is -0.885. The molecule has 2 heteroatoms. The molecular weight excluding hydrogens is 213 g/mol. The van der Waals surface area contributed by atoms with E-state index in [0.29, 0.717) is 12.1 Å². The summed E-state index contributed by atoms with van der Waals surface area (Å²) in [6.07, 6.45) is 9.11. The molecule has 0 heterocycles. The highest BCUT2D eigenvalue weighted by Gasteiger charge is 2.15. The molecule has 0 aliphatic carbocycles. The number of aliphatic imine (C=N–C) groups is 1. The van der Waals surface area contributed by atoms with E-state index >= 15 is 0 Å². The number of nitrogens with zero attached hydrogens (tertiary/aromatic N) is 1. The summed E-state index contributed by atoms with van der Waals surface area (Å²) < 4.78 is 12.7. The molecule has 0 bridgehead atoms. The minimum Gasteiger partial charge on any atom is -0.265 e. The molecule has 0 spiro atoms. The van der Waals surface area contributed by atoms with E-state index in [2.05, 4.69) is 44.1 Å². The van der Waals surface area contributed by atoms with Gasteiger partial charge >= 0.3 is 0 Å². The van der Waals surface area contributed by atoms with E-state index in [0.717, 1.165) is 12.8 Å². The van der Waals surface area contributed by atoms with Crippen molar-refractivity contribution in [1.29, 1.82) is 0 Å². The molecule has 0 aromatic rings. The van der Waals surface area contributed by atoms with Crippen LogP contribution in [0.5, 0.6) is 0 Å². The maximum atomic E-state index is 12.7. The standard InChI is InChI=1S/C15H24FN/c1-6-8-9-10-15(5,7-2)12-17-14(4)11-13(3)16/h6,9-10,12-13H,1,4,7-8,11H2,2-3,5H3/b10-9+,17-12-/t13?,15-/m1/s1. The summed E-state index contributed by atoms with van der Waals surface area (Å²) in [5.41, 5.74) is 0.502. The van der Waals surface area contributed by atoms with E-state index in [1.807, 2.05) is 12.3 Å². The lowest BCUT2D eigenvalue weighted by Gasteiger charge is -2.18. The summed E-state index contributed by atoms with van der Waals surface area (Å²) in [6, 6.07) is 0. The fraction of sp³-hybridized carbons (Fsp3) is 0.533. The highest BCUT2D eigenvalue weighted by atomic mass is 19.1. The van der Waals surface area contributed by atoms with Gasteiger partial charge in [0.05, 0.1) is 0 Å². The number of alkyl halides is 1. The van der Waals surface area contributed by atoms with Gasteiger partial charge in [0, 0.05) is 23.7 Å². The van der Waals surface area contributed by atoms with Gasteiger partial charge in [0.25, 0.3) is 0 Å². The van der Waals surface area contributed by atoms with Gasteiger partial charge in [-0.15, -0.1) is 6.58 Å². The van der Waals surface area contributed by atoms with Crippen molar-refractivity contribution < 1.29 is 4.39 Å². The molecule has 0 amide bonds. The van der Waals surface area contributed by atoms with Gasteiger partial charge in [-0.1, -0.05) is 38.7 Å². The Labute approximate surface area is 105 Å². The summed E-state index contributed by atoms with van der Waals surface area (Å²) in [6.45, 7) is 13.1. The highest BCUT2D eigenvalue weighted by molar-refractivity contribution is 5.69. The third kappa shape index (κ3) is 7.67. The molecular formula is C15H24FN. The van der Waals surface area contributed by atoms with Crippen LogP contribution >= 0.6 is 0 Å². The van der Waals surface area contributed by atoms with Crippen molar-refractivity contribution in [2.24, 2.45) is 10.4 Å². The van der Waals surface area contributed by atoms with Crippen LogP contribution in [0.1, 0.15) is 40.0 Å². The van der Waals surface area contributed by atoms with Crippen LogP contribution in [0.4, 0.5) is 4.39 Å². The van der Waals surface area contributed by atoms with E-state index in [-0.39, 0.29) is 5.41 Å². The zero-order valence-electron chi connectivity index (χ0n) is 11.2. The van der Waals surface area contributed by atoms with Crippen LogP contribution in [0.3, 0.4) is 0 Å². The largest absolute Gasteiger partial charge is 0.265 e. The quantitative estimate of drug-likeness (QED) is 0.422. The summed E-state index contributed by atoms with van der Waals surface area (Å²) >= 11 is 0. The van der Waals surface area contributed by atoms with Gasteiger partial charge < -0.3 is 0 Å². The Morgan fingerprint density at radius 1 is 1.53 bits per heavy atom. The summed E-state index contributed by atoms with van der Waals surface area (Å²) in [5, 5.41) is 0. The van der Waals surface area contributed by atoms with Gasteiger partial charge in [-0.2, -0.15) is 0 Å².